The zero-order valence-corrected chi connectivity index (χ0v) is 22.3. The van der Waals surface area contributed by atoms with E-state index < -0.39 is 5.60 Å². The number of rotatable bonds is 9. The van der Waals surface area contributed by atoms with E-state index in [0.29, 0.717) is 18.2 Å². The number of esters is 1. The molecule has 5 nitrogen and oxygen atoms in total. The van der Waals surface area contributed by atoms with Crippen LogP contribution in [0.2, 0.25) is 5.15 Å². The molecule has 0 aliphatic heterocycles. The van der Waals surface area contributed by atoms with Crippen LogP contribution in [-0.4, -0.2) is 27.4 Å². The van der Waals surface area contributed by atoms with Crippen molar-refractivity contribution in [1.82, 2.24) is 9.55 Å². The normalized spacial score (nSPS) is 16.5. The second-order valence-electron chi connectivity index (χ2n) is 9.90. The van der Waals surface area contributed by atoms with Gasteiger partial charge in [0.15, 0.2) is 11.4 Å². The van der Waals surface area contributed by atoms with Crippen molar-refractivity contribution < 1.29 is 14.3 Å². The molecule has 1 aromatic heterocycles. The fourth-order valence-electron chi connectivity index (χ4n) is 4.62. The summed E-state index contributed by atoms with van der Waals surface area (Å²) in [5, 5.41) is 0.225. The van der Waals surface area contributed by atoms with E-state index in [2.05, 4.69) is 27.8 Å². The first-order valence-corrected chi connectivity index (χ1v) is 13.1. The maximum absolute atomic E-state index is 13.1. The van der Waals surface area contributed by atoms with E-state index in [-0.39, 0.29) is 21.9 Å². The van der Waals surface area contributed by atoms with Gasteiger partial charge in [-0.3, -0.25) is 9.59 Å². The summed E-state index contributed by atoms with van der Waals surface area (Å²) in [6.45, 7) is 8.32. The van der Waals surface area contributed by atoms with E-state index >= 15 is 0 Å². The Labute approximate surface area is 210 Å². The van der Waals surface area contributed by atoms with Crippen molar-refractivity contribution >= 4 is 39.8 Å². The SMILES string of the molecule is CCCC(Br)c1nc(Cl)c(C=O)n1Cc1ccc(C(C(=O)OC(C)(C)C)C2CCCC2)cc1. The van der Waals surface area contributed by atoms with Gasteiger partial charge >= 0.3 is 5.97 Å². The Morgan fingerprint density at radius 3 is 2.45 bits per heavy atom. The van der Waals surface area contributed by atoms with Crippen molar-refractivity contribution in [3.05, 3.63) is 52.1 Å². The molecule has 1 saturated carbocycles. The van der Waals surface area contributed by atoms with E-state index in [9.17, 15) is 9.59 Å². The van der Waals surface area contributed by atoms with Gasteiger partial charge in [0.2, 0.25) is 0 Å². The van der Waals surface area contributed by atoms with E-state index in [1.165, 1.54) is 0 Å². The van der Waals surface area contributed by atoms with Gasteiger partial charge in [-0.05, 0) is 57.1 Å². The highest BCUT2D eigenvalue weighted by Gasteiger charge is 2.35. The molecular formula is C26H34BrClN2O3. The van der Waals surface area contributed by atoms with Gasteiger partial charge in [-0.1, -0.05) is 78.0 Å². The average molecular weight is 538 g/mol. The maximum atomic E-state index is 13.1. The zero-order valence-electron chi connectivity index (χ0n) is 19.9. The maximum Gasteiger partial charge on any atom is 0.314 e. The largest absolute Gasteiger partial charge is 0.459 e. The molecule has 7 heteroatoms. The number of imidazole rings is 1. The van der Waals surface area contributed by atoms with Gasteiger partial charge in [0, 0.05) is 6.54 Å². The molecule has 0 amide bonds. The van der Waals surface area contributed by atoms with Crippen molar-refractivity contribution in [1.29, 1.82) is 0 Å². The molecule has 1 aliphatic rings. The third-order valence-corrected chi connectivity index (χ3v) is 7.28. The number of hydrogen-bond acceptors (Lipinski definition) is 4. The molecule has 0 saturated heterocycles. The molecule has 0 spiro atoms. The first kappa shape index (κ1) is 26.0. The molecule has 3 rings (SSSR count). The number of alkyl halides is 1. The number of aromatic nitrogens is 2. The van der Waals surface area contributed by atoms with Crippen molar-refractivity contribution in [3.63, 3.8) is 0 Å². The number of nitrogens with zero attached hydrogens (tertiary/aromatic N) is 2. The first-order valence-electron chi connectivity index (χ1n) is 11.8. The Balaban J connectivity index is 1.87. The van der Waals surface area contributed by atoms with Crippen molar-refractivity contribution in [2.45, 2.75) is 89.1 Å². The summed E-state index contributed by atoms with van der Waals surface area (Å²) in [6, 6.07) is 8.10. The summed E-state index contributed by atoms with van der Waals surface area (Å²) in [5.41, 5.74) is 1.88. The molecule has 0 bridgehead atoms. The van der Waals surface area contributed by atoms with E-state index in [4.69, 9.17) is 16.3 Å². The van der Waals surface area contributed by atoms with Crippen LogP contribution in [0.3, 0.4) is 0 Å². The van der Waals surface area contributed by atoms with Crippen LogP contribution in [0.15, 0.2) is 24.3 Å². The molecule has 1 fully saturated rings. The summed E-state index contributed by atoms with van der Waals surface area (Å²) in [4.78, 5) is 29.3. The molecule has 180 valence electrons. The van der Waals surface area contributed by atoms with Gasteiger partial charge in [0.25, 0.3) is 0 Å². The van der Waals surface area contributed by atoms with Crippen LogP contribution < -0.4 is 0 Å². The van der Waals surface area contributed by atoms with Crippen molar-refractivity contribution in [3.8, 4) is 0 Å². The van der Waals surface area contributed by atoms with Crippen LogP contribution in [0.5, 0.6) is 0 Å². The lowest BCUT2D eigenvalue weighted by molar-refractivity contribution is -0.158. The standard InChI is InChI=1S/C26H34BrClN2O3/c1-5-8-20(27)24-29-23(28)21(16-31)30(24)15-17-11-13-19(14-12-17)22(18-9-6-7-10-18)25(32)33-26(2,3)4/h11-14,16,18,20,22H,5-10,15H2,1-4H3. The second kappa shape index (κ2) is 11.2. The van der Waals surface area contributed by atoms with Crippen LogP contribution in [0.1, 0.15) is 104 Å². The van der Waals surface area contributed by atoms with Crippen molar-refractivity contribution in [2.75, 3.05) is 0 Å². The number of carbonyl (C=O) groups is 2. The minimum atomic E-state index is -0.513. The molecule has 2 unspecified atom stereocenters. The van der Waals surface area contributed by atoms with Gasteiger partial charge in [0.05, 0.1) is 10.7 Å². The Hall–Kier alpha value is -1.66. The number of benzene rings is 1. The summed E-state index contributed by atoms with van der Waals surface area (Å²) in [7, 11) is 0. The quantitative estimate of drug-likeness (QED) is 0.192. The third kappa shape index (κ3) is 6.48. The fourth-order valence-corrected chi connectivity index (χ4v) is 5.66. The lowest BCUT2D eigenvalue weighted by atomic mass is 9.84. The van der Waals surface area contributed by atoms with Crippen LogP contribution in [0.25, 0.3) is 0 Å². The molecule has 1 heterocycles. The van der Waals surface area contributed by atoms with Gasteiger partial charge < -0.3 is 9.30 Å². The number of halogens is 2. The van der Waals surface area contributed by atoms with Gasteiger partial charge in [-0.15, -0.1) is 0 Å². The van der Waals surface area contributed by atoms with E-state index in [0.717, 1.165) is 61.8 Å². The highest BCUT2D eigenvalue weighted by atomic mass is 79.9. The Morgan fingerprint density at radius 1 is 1.27 bits per heavy atom. The predicted octanol–water partition coefficient (Wildman–Crippen LogP) is 7.25. The number of aldehydes is 1. The minimum absolute atomic E-state index is 0.0203. The van der Waals surface area contributed by atoms with Crippen LogP contribution in [0, 0.1) is 5.92 Å². The predicted molar refractivity (Wildman–Crippen MR) is 135 cm³/mol. The van der Waals surface area contributed by atoms with Gasteiger partial charge in [-0.2, -0.15) is 0 Å². The smallest absolute Gasteiger partial charge is 0.314 e. The van der Waals surface area contributed by atoms with Gasteiger partial charge in [-0.25, -0.2) is 4.98 Å². The number of ether oxygens (including phenoxy) is 1. The lowest BCUT2D eigenvalue weighted by Crippen LogP contribution is -2.30. The Morgan fingerprint density at radius 2 is 1.91 bits per heavy atom. The lowest BCUT2D eigenvalue weighted by Gasteiger charge is -2.27. The molecule has 0 N–H and O–H groups in total. The molecule has 2 atom stereocenters. The van der Waals surface area contributed by atoms with E-state index in [1.807, 2.05) is 49.6 Å². The van der Waals surface area contributed by atoms with Crippen LogP contribution in [0.4, 0.5) is 0 Å². The van der Waals surface area contributed by atoms with Gasteiger partial charge in [0.1, 0.15) is 17.1 Å². The molecule has 1 aliphatic carbocycles. The molecule has 33 heavy (non-hydrogen) atoms. The topological polar surface area (TPSA) is 61.2 Å². The highest BCUT2D eigenvalue weighted by molar-refractivity contribution is 9.09. The fraction of sp³-hybridized carbons (Fsp3) is 0.577. The second-order valence-corrected chi connectivity index (χ2v) is 11.4. The monoisotopic (exact) mass is 536 g/mol. The molecular weight excluding hydrogens is 504 g/mol. The summed E-state index contributed by atoms with van der Waals surface area (Å²) in [5.74, 6) is 0.678. The Kier molecular flexibility index (Phi) is 8.79. The van der Waals surface area contributed by atoms with Crippen LogP contribution >= 0.6 is 27.5 Å². The minimum Gasteiger partial charge on any atom is -0.459 e. The summed E-state index contributed by atoms with van der Waals surface area (Å²) in [6.07, 6.45) is 7.06. The summed E-state index contributed by atoms with van der Waals surface area (Å²) >= 11 is 9.94. The first-order chi connectivity index (χ1) is 15.6. The van der Waals surface area contributed by atoms with Crippen molar-refractivity contribution in [2.24, 2.45) is 5.92 Å². The Bertz CT molecular complexity index is 959. The zero-order chi connectivity index (χ0) is 24.2. The van der Waals surface area contributed by atoms with E-state index in [1.54, 1.807) is 0 Å². The highest BCUT2D eigenvalue weighted by Crippen LogP contribution is 2.39. The number of carbonyl (C=O) groups excluding carboxylic acids is 2. The molecule has 1 aromatic carbocycles. The van der Waals surface area contributed by atoms with Crippen LogP contribution in [-0.2, 0) is 16.1 Å². The number of hydrogen-bond donors (Lipinski definition) is 0. The molecule has 2 aromatic rings. The third-order valence-electron chi connectivity index (χ3n) is 6.14. The average Bonchev–Trinajstić information content (AvgIpc) is 3.36. The summed E-state index contributed by atoms with van der Waals surface area (Å²) < 4.78 is 7.66. The molecule has 0 radical (unpaired) electrons.